The number of aromatic nitrogens is 1. The van der Waals surface area contributed by atoms with Crippen LogP contribution in [0.15, 0.2) is 55.1 Å². The van der Waals surface area contributed by atoms with Crippen LogP contribution in [0, 0.1) is 6.92 Å². The van der Waals surface area contributed by atoms with Gasteiger partial charge in [0.25, 0.3) is 0 Å². The number of hydrogen-bond donors (Lipinski definition) is 0. The van der Waals surface area contributed by atoms with Crippen molar-refractivity contribution in [1.82, 2.24) is 4.57 Å². The van der Waals surface area contributed by atoms with Crippen molar-refractivity contribution >= 4 is 28.6 Å². The van der Waals surface area contributed by atoms with Crippen molar-refractivity contribution in [2.45, 2.75) is 13.5 Å². The van der Waals surface area contributed by atoms with Crippen molar-refractivity contribution in [2.24, 2.45) is 0 Å². The number of rotatable bonds is 3. The van der Waals surface area contributed by atoms with E-state index in [9.17, 15) is 0 Å². The van der Waals surface area contributed by atoms with Gasteiger partial charge in [-0.05, 0) is 36.3 Å². The SMILES string of the molecule is C=Cc1cc2c(Cl)ccc(C)c2n1Cc1ccccc1. The summed E-state index contributed by atoms with van der Waals surface area (Å²) in [5.41, 5.74) is 4.79. The molecule has 1 aromatic heterocycles. The Hall–Kier alpha value is -1.99. The molecule has 0 amide bonds. The van der Waals surface area contributed by atoms with Gasteiger partial charge in [-0.25, -0.2) is 0 Å². The average Bonchev–Trinajstić information content (AvgIpc) is 2.84. The molecular formula is C18H16ClN. The molecule has 0 unspecified atom stereocenters. The summed E-state index contributed by atoms with van der Waals surface area (Å²) in [6, 6.07) is 16.6. The van der Waals surface area contributed by atoms with Gasteiger partial charge < -0.3 is 4.57 Å². The fourth-order valence-electron chi connectivity index (χ4n) is 2.65. The second-order valence-electron chi connectivity index (χ2n) is 4.97. The van der Waals surface area contributed by atoms with Crippen molar-refractivity contribution < 1.29 is 0 Å². The third-order valence-corrected chi connectivity index (χ3v) is 3.96. The van der Waals surface area contributed by atoms with Gasteiger partial charge >= 0.3 is 0 Å². The molecule has 0 saturated carbocycles. The highest BCUT2D eigenvalue weighted by atomic mass is 35.5. The van der Waals surface area contributed by atoms with Gasteiger partial charge in [-0.15, -0.1) is 0 Å². The molecule has 1 heterocycles. The first-order valence-electron chi connectivity index (χ1n) is 6.65. The Bertz CT molecular complexity index is 769. The molecule has 20 heavy (non-hydrogen) atoms. The van der Waals surface area contributed by atoms with Crippen molar-refractivity contribution in [3.63, 3.8) is 0 Å². The molecule has 0 bridgehead atoms. The summed E-state index contributed by atoms with van der Waals surface area (Å²) >= 11 is 6.33. The number of fused-ring (bicyclic) bond motifs is 1. The molecule has 0 aliphatic carbocycles. The lowest BCUT2D eigenvalue weighted by Crippen LogP contribution is -2.02. The Morgan fingerprint density at radius 3 is 2.60 bits per heavy atom. The van der Waals surface area contributed by atoms with Crippen LogP contribution in [0.25, 0.3) is 17.0 Å². The minimum absolute atomic E-state index is 0.792. The molecule has 0 saturated heterocycles. The molecule has 1 nitrogen and oxygen atoms in total. The molecule has 0 aliphatic heterocycles. The van der Waals surface area contributed by atoms with Gasteiger partial charge in [0.05, 0.1) is 5.52 Å². The van der Waals surface area contributed by atoms with E-state index in [0.29, 0.717) is 0 Å². The molecule has 100 valence electrons. The molecular weight excluding hydrogens is 266 g/mol. The van der Waals surface area contributed by atoms with Gasteiger partial charge in [-0.2, -0.15) is 0 Å². The number of halogens is 1. The molecule has 0 spiro atoms. The maximum Gasteiger partial charge on any atom is 0.0533 e. The van der Waals surface area contributed by atoms with Crippen LogP contribution in [0.4, 0.5) is 0 Å². The summed E-state index contributed by atoms with van der Waals surface area (Å²) in [5, 5.41) is 1.89. The molecule has 2 heteroatoms. The van der Waals surface area contributed by atoms with Crippen molar-refractivity contribution in [1.29, 1.82) is 0 Å². The molecule has 2 aromatic carbocycles. The van der Waals surface area contributed by atoms with Crippen LogP contribution in [-0.2, 0) is 6.54 Å². The molecule has 0 N–H and O–H groups in total. The highest BCUT2D eigenvalue weighted by Crippen LogP contribution is 2.30. The van der Waals surface area contributed by atoms with E-state index in [4.69, 9.17) is 11.6 Å². The molecule has 0 aliphatic rings. The van der Waals surface area contributed by atoms with Gasteiger partial charge in [0.15, 0.2) is 0 Å². The Morgan fingerprint density at radius 2 is 1.90 bits per heavy atom. The maximum absolute atomic E-state index is 6.33. The summed E-state index contributed by atoms with van der Waals surface area (Å²) in [7, 11) is 0. The second-order valence-corrected chi connectivity index (χ2v) is 5.38. The summed E-state index contributed by atoms with van der Waals surface area (Å²) in [6.45, 7) is 6.87. The van der Waals surface area contributed by atoms with Gasteiger partial charge in [0.1, 0.15) is 0 Å². The predicted octanol–water partition coefficient (Wildman–Crippen LogP) is 5.29. The summed E-state index contributed by atoms with van der Waals surface area (Å²) in [6.07, 6.45) is 1.89. The Morgan fingerprint density at radius 1 is 1.15 bits per heavy atom. The quantitative estimate of drug-likeness (QED) is 0.614. The van der Waals surface area contributed by atoms with Gasteiger partial charge in [-0.3, -0.25) is 0 Å². The van der Waals surface area contributed by atoms with Crippen LogP contribution in [-0.4, -0.2) is 4.57 Å². The summed E-state index contributed by atoms with van der Waals surface area (Å²) in [5.74, 6) is 0. The van der Waals surface area contributed by atoms with E-state index in [1.807, 2.05) is 18.2 Å². The topological polar surface area (TPSA) is 4.93 Å². The highest BCUT2D eigenvalue weighted by molar-refractivity contribution is 6.35. The van der Waals surface area contributed by atoms with Crippen LogP contribution in [0.1, 0.15) is 16.8 Å². The minimum atomic E-state index is 0.792. The van der Waals surface area contributed by atoms with E-state index in [1.54, 1.807) is 0 Å². The van der Waals surface area contributed by atoms with Gasteiger partial charge in [0.2, 0.25) is 0 Å². The third-order valence-electron chi connectivity index (χ3n) is 3.63. The van der Waals surface area contributed by atoms with Crippen LogP contribution >= 0.6 is 11.6 Å². The van der Waals surface area contributed by atoms with Crippen LogP contribution in [0.5, 0.6) is 0 Å². The fourth-order valence-corrected chi connectivity index (χ4v) is 2.86. The zero-order chi connectivity index (χ0) is 14.1. The van der Waals surface area contributed by atoms with Crippen molar-refractivity contribution in [2.75, 3.05) is 0 Å². The van der Waals surface area contributed by atoms with Gasteiger partial charge in [0, 0.05) is 22.6 Å². The van der Waals surface area contributed by atoms with E-state index in [1.165, 1.54) is 16.6 Å². The first-order valence-corrected chi connectivity index (χ1v) is 7.03. The van der Waals surface area contributed by atoms with E-state index in [2.05, 4.69) is 54.5 Å². The largest absolute Gasteiger partial charge is 0.336 e. The van der Waals surface area contributed by atoms with Crippen molar-refractivity contribution in [3.05, 3.63) is 77.0 Å². The number of benzene rings is 2. The Labute approximate surface area is 124 Å². The highest BCUT2D eigenvalue weighted by Gasteiger charge is 2.11. The lowest BCUT2D eigenvalue weighted by molar-refractivity contribution is 0.825. The lowest BCUT2D eigenvalue weighted by atomic mass is 10.1. The molecule has 0 radical (unpaired) electrons. The van der Waals surface area contributed by atoms with E-state index in [0.717, 1.165) is 22.6 Å². The lowest BCUT2D eigenvalue weighted by Gasteiger charge is -2.11. The average molecular weight is 282 g/mol. The third kappa shape index (κ3) is 2.14. The zero-order valence-corrected chi connectivity index (χ0v) is 12.2. The van der Waals surface area contributed by atoms with Crippen LogP contribution < -0.4 is 0 Å². The van der Waals surface area contributed by atoms with Crippen LogP contribution in [0.2, 0.25) is 5.02 Å². The fraction of sp³-hybridized carbons (Fsp3) is 0.111. The second kappa shape index (κ2) is 5.18. The van der Waals surface area contributed by atoms with E-state index in [-0.39, 0.29) is 0 Å². The zero-order valence-electron chi connectivity index (χ0n) is 11.4. The Balaban J connectivity index is 2.23. The van der Waals surface area contributed by atoms with Crippen molar-refractivity contribution in [3.8, 4) is 0 Å². The summed E-state index contributed by atoms with van der Waals surface area (Å²) < 4.78 is 2.28. The monoisotopic (exact) mass is 281 g/mol. The van der Waals surface area contributed by atoms with E-state index >= 15 is 0 Å². The molecule has 3 rings (SSSR count). The van der Waals surface area contributed by atoms with E-state index < -0.39 is 0 Å². The smallest absolute Gasteiger partial charge is 0.0533 e. The summed E-state index contributed by atoms with van der Waals surface area (Å²) in [4.78, 5) is 0. The first-order chi connectivity index (χ1) is 9.70. The molecule has 0 fully saturated rings. The minimum Gasteiger partial charge on any atom is -0.336 e. The first kappa shape index (κ1) is 13.0. The Kier molecular flexibility index (Phi) is 3.37. The number of aryl methyl sites for hydroxylation is 1. The predicted molar refractivity (Wildman–Crippen MR) is 87.3 cm³/mol. The maximum atomic E-state index is 6.33. The molecule has 0 atom stereocenters. The standard InChI is InChI=1S/C18H16ClN/c1-3-15-11-16-17(19)10-9-13(2)18(16)20(15)12-14-7-5-4-6-8-14/h3-11H,1,12H2,2H3. The number of nitrogens with zero attached hydrogens (tertiary/aromatic N) is 1. The normalized spacial score (nSPS) is 10.9. The van der Waals surface area contributed by atoms with Crippen LogP contribution in [0.3, 0.4) is 0 Å². The number of hydrogen-bond acceptors (Lipinski definition) is 0. The molecule has 3 aromatic rings. The van der Waals surface area contributed by atoms with Gasteiger partial charge in [-0.1, -0.05) is 54.6 Å².